The Morgan fingerprint density at radius 2 is 1.78 bits per heavy atom. The van der Waals surface area contributed by atoms with Crippen LogP contribution >= 0.6 is 0 Å². The number of amides is 1. The van der Waals surface area contributed by atoms with Crippen molar-refractivity contribution in [2.45, 2.75) is 0 Å². The molecule has 118 valence electrons. The second-order valence-electron chi connectivity index (χ2n) is 5.82. The third-order valence-corrected chi connectivity index (χ3v) is 4.30. The summed E-state index contributed by atoms with van der Waals surface area (Å²) in [5, 5.41) is 2.37. The highest BCUT2D eigenvalue weighted by molar-refractivity contribution is 5.96. The van der Waals surface area contributed by atoms with Gasteiger partial charge in [-0.2, -0.15) is 0 Å². The van der Waals surface area contributed by atoms with E-state index in [2.05, 4.69) is 29.7 Å². The van der Waals surface area contributed by atoms with Gasteiger partial charge in [-0.15, -0.1) is 6.58 Å². The molecule has 0 atom stereocenters. The third kappa shape index (κ3) is 3.69. The SMILES string of the molecule is C=CCN1CCN(C(=O)/C=C/c2cccc3ccccc23)CC1. The monoisotopic (exact) mass is 306 g/mol. The van der Waals surface area contributed by atoms with Crippen molar-refractivity contribution in [1.82, 2.24) is 9.80 Å². The lowest BCUT2D eigenvalue weighted by molar-refractivity contribution is -0.127. The standard InChI is InChI=1S/C20H22N2O/c1-2-12-21-13-15-22(16-14-21)20(23)11-10-18-8-5-7-17-6-3-4-9-19(17)18/h2-11H,1,12-16H2/b11-10+. The third-order valence-electron chi connectivity index (χ3n) is 4.30. The van der Waals surface area contributed by atoms with E-state index in [4.69, 9.17) is 0 Å². The minimum absolute atomic E-state index is 0.0937. The Kier molecular flexibility index (Phi) is 4.89. The Morgan fingerprint density at radius 1 is 1.04 bits per heavy atom. The Hall–Kier alpha value is -2.39. The molecule has 2 aromatic carbocycles. The van der Waals surface area contributed by atoms with Crippen molar-refractivity contribution < 1.29 is 4.79 Å². The number of carbonyl (C=O) groups is 1. The molecule has 0 N–H and O–H groups in total. The van der Waals surface area contributed by atoms with Crippen molar-refractivity contribution >= 4 is 22.8 Å². The van der Waals surface area contributed by atoms with Crippen LogP contribution in [0.2, 0.25) is 0 Å². The lowest BCUT2D eigenvalue weighted by atomic mass is 10.0. The summed E-state index contributed by atoms with van der Waals surface area (Å²) in [7, 11) is 0. The van der Waals surface area contributed by atoms with Gasteiger partial charge >= 0.3 is 0 Å². The molecule has 0 aliphatic carbocycles. The van der Waals surface area contributed by atoms with Gasteiger partial charge < -0.3 is 4.90 Å². The van der Waals surface area contributed by atoms with E-state index in [1.54, 1.807) is 6.08 Å². The van der Waals surface area contributed by atoms with E-state index < -0.39 is 0 Å². The van der Waals surface area contributed by atoms with Gasteiger partial charge in [-0.25, -0.2) is 0 Å². The molecule has 1 saturated heterocycles. The molecule has 2 aromatic rings. The van der Waals surface area contributed by atoms with Crippen molar-refractivity contribution in [2.75, 3.05) is 32.7 Å². The summed E-state index contributed by atoms with van der Waals surface area (Å²) in [6, 6.07) is 14.4. The molecular weight excluding hydrogens is 284 g/mol. The van der Waals surface area contributed by atoms with E-state index in [1.807, 2.05) is 41.3 Å². The van der Waals surface area contributed by atoms with Crippen LogP contribution in [0.15, 0.2) is 61.2 Å². The van der Waals surface area contributed by atoms with Gasteiger partial charge in [0.1, 0.15) is 0 Å². The Labute approximate surface area is 137 Å². The number of hydrogen-bond acceptors (Lipinski definition) is 2. The number of piperazine rings is 1. The lowest BCUT2D eigenvalue weighted by Gasteiger charge is -2.33. The van der Waals surface area contributed by atoms with E-state index in [0.717, 1.165) is 38.3 Å². The molecule has 1 amide bonds. The number of hydrogen-bond donors (Lipinski definition) is 0. The first kappa shape index (κ1) is 15.5. The van der Waals surface area contributed by atoms with Crippen LogP contribution in [0.1, 0.15) is 5.56 Å². The number of nitrogens with zero attached hydrogens (tertiary/aromatic N) is 2. The van der Waals surface area contributed by atoms with E-state index in [9.17, 15) is 4.79 Å². The van der Waals surface area contributed by atoms with Crippen LogP contribution < -0.4 is 0 Å². The van der Waals surface area contributed by atoms with Crippen molar-refractivity contribution in [3.05, 3.63) is 66.8 Å². The van der Waals surface area contributed by atoms with Crippen LogP contribution in [-0.4, -0.2) is 48.4 Å². The van der Waals surface area contributed by atoms with Gasteiger partial charge in [0.05, 0.1) is 0 Å². The molecule has 0 bridgehead atoms. The quantitative estimate of drug-likeness (QED) is 0.640. The highest BCUT2D eigenvalue weighted by atomic mass is 16.2. The van der Waals surface area contributed by atoms with Gasteiger partial charge in [0.25, 0.3) is 0 Å². The predicted molar refractivity (Wildman–Crippen MR) is 96.2 cm³/mol. The van der Waals surface area contributed by atoms with Crippen LogP contribution in [0.3, 0.4) is 0 Å². The normalized spacial score (nSPS) is 16.1. The first-order valence-corrected chi connectivity index (χ1v) is 8.06. The predicted octanol–water partition coefficient (Wildman–Crippen LogP) is 3.18. The zero-order valence-electron chi connectivity index (χ0n) is 13.3. The van der Waals surface area contributed by atoms with Crippen LogP contribution in [-0.2, 0) is 4.79 Å². The maximum Gasteiger partial charge on any atom is 0.246 e. The van der Waals surface area contributed by atoms with E-state index >= 15 is 0 Å². The maximum atomic E-state index is 12.4. The van der Waals surface area contributed by atoms with Gasteiger partial charge in [0.2, 0.25) is 5.91 Å². The Morgan fingerprint density at radius 3 is 2.57 bits per heavy atom. The molecule has 1 aliphatic rings. The molecule has 1 aliphatic heterocycles. The average molecular weight is 306 g/mol. The van der Waals surface area contributed by atoms with Gasteiger partial charge in [-0.05, 0) is 22.4 Å². The fraction of sp³-hybridized carbons (Fsp3) is 0.250. The average Bonchev–Trinajstić information content (AvgIpc) is 2.60. The van der Waals surface area contributed by atoms with Gasteiger partial charge in [-0.1, -0.05) is 48.5 Å². The Bertz CT molecular complexity index is 722. The summed E-state index contributed by atoms with van der Waals surface area (Å²) >= 11 is 0. The van der Waals surface area contributed by atoms with E-state index in [-0.39, 0.29) is 5.91 Å². The number of rotatable bonds is 4. The summed E-state index contributed by atoms with van der Waals surface area (Å²) in [5.41, 5.74) is 1.08. The molecule has 0 unspecified atom stereocenters. The molecule has 23 heavy (non-hydrogen) atoms. The molecule has 1 heterocycles. The molecule has 3 nitrogen and oxygen atoms in total. The molecule has 3 rings (SSSR count). The van der Waals surface area contributed by atoms with Gasteiger partial charge in [0.15, 0.2) is 0 Å². The summed E-state index contributed by atoms with van der Waals surface area (Å²) in [5.74, 6) is 0.0937. The zero-order valence-corrected chi connectivity index (χ0v) is 13.3. The van der Waals surface area contributed by atoms with Crippen LogP contribution in [0.4, 0.5) is 0 Å². The first-order valence-electron chi connectivity index (χ1n) is 8.06. The minimum atomic E-state index is 0.0937. The van der Waals surface area contributed by atoms with E-state index in [1.165, 1.54) is 10.8 Å². The minimum Gasteiger partial charge on any atom is -0.337 e. The zero-order chi connectivity index (χ0) is 16.1. The van der Waals surface area contributed by atoms with Crippen LogP contribution in [0.25, 0.3) is 16.8 Å². The van der Waals surface area contributed by atoms with Crippen molar-refractivity contribution in [2.24, 2.45) is 0 Å². The van der Waals surface area contributed by atoms with Crippen molar-refractivity contribution in [1.29, 1.82) is 0 Å². The molecule has 0 aromatic heterocycles. The molecular formula is C20H22N2O. The summed E-state index contributed by atoms with van der Waals surface area (Å²) in [6.07, 6.45) is 5.55. The van der Waals surface area contributed by atoms with Crippen LogP contribution in [0.5, 0.6) is 0 Å². The molecule has 0 saturated carbocycles. The summed E-state index contributed by atoms with van der Waals surface area (Å²) in [4.78, 5) is 16.6. The first-order chi connectivity index (χ1) is 11.3. The maximum absolute atomic E-state index is 12.4. The molecule has 3 heteroatoms. The van der Waals surface area contributed by atoms with Gasteiger partial charge in [-0.3, -0.25) is 9.69 Å². The highest BCUT2D eigenvalue weighted by Gasteiger charge is 2.18. The molecule has 1 fully saturated rings. The van der Waals surface area contributed by atoms with E-state index in [0.29, 0.717) is 0 Å². The van der Waals surface area contributed by atoms with Crippen molar-refractivity contribution in [3.8, 4) is 0 Å². The Balaban J connectivity index is 1.68. The number of carbonyl (C=O) groups excluding carboxylic acids is 1. The van der Waals surface area contributed by atoms with Gasteiger partial charge in [0, 0.05) is 38.8 Å². The summed E-state index contributed by atoms with van der Waals surface area (Å²) in [6.45, 7) is 8.06. The topological polar surface area (TPSA) is 23.6 Å². The highest BCUT2D eigenvalue weighted by Crippen LogP contribution is 2.19. The van der Waals surface area contributed by atoms with Crippen molar-refractivity contribution in [3.63, 3.8) is 0 Å². The second kappa shape index (κ2) is 7.25. The molecule has 0 spiro atoms. The lowest BCUT2D eigenvalue weighted by Crippen LogP contribution is -2.48. The number of fused-ring (bicyclic) bond motifs is 1. The molecule has 0 radical (unpaired) electrons. The fourth-order valence-corrected chi connectivity index (χ4v) is 3.00. The fourth-order valence-electron chi connectivity index (χ4n) is 3.00. The van der Waals surface area contributed by atoms with Crippen LogP contribution in [0, 0.1) is 0 Å². The largest absolute Gasteiger partial charge is 0.337 e. The second-order valence-corrected chi connectivity index (χ2v) is 5.82. The number of benzene rings is 2. The summed E-state index contributed by atoms with van der Waals surface area (Å²) < 4.78 is 0. The smallest absolute Gasteiger partial charge is 0.246 e.